The number of hydrogen-bond acceptors (Lipinski definition) is 6. The largest absolute Gasteiger partial charge is 0.339 e. The number of nitrogens with zero attached hydrogens (tertiary/aromatic N) is 4. The van der Waals surface area contributed by atoms with Crippen molar-refractivity contribution < 1.29 is 12.9 Å². The fourth-order valence-electron chi connectivity index (χ4n) is 2.55. The number of benzene rings is 1. The molecule has 3 aromatic rings. The first-order chi connectivity index (χ1) is 11.6. The van der Waals surface area contributed by atoms with Gasteiger partial charge in [-0.05, 0) is 24.3 Å². The van der Waals surface area contributed by atoms with E-state index in [-0.39, 0.29) is 5.92 Å². The summed E-state index contributed by atoms with van der Waals surface area (Å²) in [5.74, 6) is 0.831. The Labute approximate surface area is 139 Å². The molecular weight excluding hydrogens is 328 g/mol. The van der Waals surface area contributed by atoms with Crippen molar-refractivity contribution in [3.8, 4) is 11.4 Å². The lowest BCUT2D eigenvalue weighted by Crippen LogP contribution is -2.48. The molecule has 0 saturated carbocycles. The van der Waals surface area contributed by atoms with Crippen LogP contribution in [0.2, 0.25) is 0 Å². The van der Waals surface area contributed by atoms with Crippen molar-refractivity contribution in [1.82, 2.24) is 19.4 Å². The Hall–Kier alpha value is -2.58. The van der Waals surface area contributed by atoms with E-state index >= 15 is 0 Å². The van der Waals surface area contributed by atoms with Crippen LogP contribution >= 0.6 is 0 Å². The zero-order valence-corrected chi connectivity index (χ0v) is 13.4. The van der Waals surface area contributed by atoms with Crippen LogP contribution in [0.15, 0.2) is 64.3 Å². The second kappa shape index (κ2) is 5.81. The molecule has 1 aromatic carbocycles. The highest BCUT2D eigenvalue weighted by atomic mass is 32.2. The van der Waals surface area contributed by atoms with Gasteiger partial charge in [-0.15, -0.1) is 0 Å². The Morgan fingerprint density at radius 2 is 1.88 bits per heavy atom. The minimum Gasteiger partial charge on any atom is -0.339 e. The first-order valence-corrected chi connectivity index (χ1v) is 8.88. The molecule has 7 nitrogen and oxygen atoms in total. The van der Waals surface area contributed by atoms with Crippen molar-refractivity contribution in [3.05, 3.63) is 60.7 Å². The molecule has 3 heterocycles. The minimum absolute atomic E-state index is 0.0820. The lowest BCUT2D eigenvalue weighted by atomic mass is 10.0. The molecule has 0 spiro atoms. The minimum atomic E-state index is -3.46. The molecule has 1 aliphatic heterocycles. The maximum atomic E-state index is 12.5. The smallest absolute Gasteiger partial charge is 0.243 e. The van der Waals surface area contributed by atoms with Gasteiger partial charge in [-0.25, -0.2) is 8.42 Å². The molecule has 4 rings (SSSR count). The first kappa shape index (κ1) is 15.0. The van der Waals surface area contributed by atoms with Crippen LogP contribution in [0.3, 0.4) is 0 Å². The van der Waals surface area contributed by atoms with Crippen molar-refractivity contribution in [2.24, 2.45) is 0 Å². The van der Waals surface area contributed by atoms with Crippen molar-refractivity contribution in [1.29, 1.82) is 0 Å². The van der Waals surface area contributed by atoms with Gasteiger partial charge in [0.25, 0.3) is 0 Å². The fourth-order valence-corrected chi connectivity index (χ4v) is 4.10. The van der Waals surface area contributed by atoms with Gasteiger partial charge < -0.3 is 4.52 Å². The highest BCUT2D eigenvalue weighted by Gasteiger charge is 2.40. The average Bonchev–Trinajstić information content (AvgIpc) is 3.04. The quantitative estimate of drug-likeness (QED) is 0.720. The summed E-state index contributed by atoms with van der Waals surface area (Å²) in [6.45, 7) is 0.678. The summed E-state index contributed by atoms with van der Waals surface area (Å²) in [5, 5.41) is 3.94. The Balaban J connectivity index is 1.48. The Kier molecular flexibility index (Phi) is 3.62. The molecule has 0 radical (unpaired) electrons. The molecule has 8 heteroatoms. The van der Waals surface area contributed by atoms with E-state index in [0.29, 0.717) is 29.7 Å². The van der Waals surface area contributed by atoms with Crippen molar-refractivity contribution in [3.63, 3.8) is 0 Å². The number of rotatable bonds is 4. The zero-order valence-electron chi connectivity index (χ0n) is 12.6. The van der Waals surface area contributed by atoms with Gasteiger partial charge in [0.1, 0.15) is 0 Å². The number of sulfonamides is 1. The summed E-state index contributed by atoms with van der Waals surface area (Å²) in [7, 11) is -3.46. The molecule has 1 fully saturated rings. The molecule has 1 aliphatic rings. The van der Waals surface area contributed by atoms with Crippen LogP contribution < -0.4 is 0 Å². The van der Waals surface area contributed by atoms with E-state index in [1.165, 1.54) is 4.31 Å². The van der Waals surface area contributed by atoms with Crippen LogP contribution in [-0.4, -0.2) is 40.9 Å². The molecule has 0 atom stereocenters. The summed E-state index contributed by atoms with van der Waals surface area (Å²) >= 11 is 0. The average molecular weight is 342 g/mol. The van der Waals surface area contributed by atoms with Crippen LogP contribution in [0.5, 0.6) is 0 Å². The van der Waals surface area contributed by atoms with E-state index < -0.39 is 10.0 Å². The predicted octanol–water partition coefficient (Wildman–Crippen LogP) is 1.92. The van der Waals surface area contributed by atoms with Crippen LogP contribution in [0.1, 0.15) is 11.8 Å². The van der Waals surface area contributed by atoms with Crippen LogP contribution in [0.25, 0.3) is 11.4 Å². The normalized spacial score (nSPS) is 16.0. The maximum Gasteiger partial charge on any atom is 0.243 e. The number of aromatic nitrogens is 3. The molecular formula is C16H14N4O3S. The van der Waals surface area contributed by atoms with E-state index in [1.807, 2.05) is 6.07 Å². The van der Waals surface area contributed by atoms with Gasteiger partial charge in [0.15, 0.2) is 0 Å². The third kappa shape index (κ3) is 2.59. The summed E-state index contributed by atoms with van der Waals surface area (Å²) in [6.07, 6.45) is 3.32. The molecule has 0 amide bonds. The standard InChI is InChI=1S/C16H14N4O3S/c21-24(22,14-6-2-1-3-7-14)20-10-13(11-20)16-18-15(19-23-16)12-5-4-8-17-9-12/h1-9,13H,10-11H2. The van der Waals surface area contributed by atoms with Gasteiger partial charge >= 0.3 is 0 Å². The second-order valence-electron chi connectivity index (χ2n) is 5.53. The fraction of sp³-hybridized carbons (Fsp3) is 0.188. The molecule has 0 bridgehead atoms. The summed E-state index contributed by atoms with van der Waals surface area (Å²) in [6, 6.07) is 12.0. The van der Waals surface area contributed by atoms with Gasteiger partial charge in [-0.3, -0.25) is 4.98 Å². The van der Waals surface area contributed by atoms with Crippen molar-refractivity contribution in [2.75, 3.05) is 13.1 Å². The Morgan fingerprint density at radius 1 is 1.08 bits per heavy atom. The third-order valence-corrected chi connectivity index (χ3v) is 5.79. The molecule has 0 N–H and O–H groups in total. The zero-order chi connectivity index (χ0) is 16.6. The van der Waals surface area contributed by atoms with Crippen molar-refractivity contribution >= 4 is 10.0 Å². The number of pyridine rings is 1. The summed E-state index contributed by atoms with van der Waals surface area (Å²) in [5.41, 5.74) is 0.764. The van der Waals surface area contributed by atoms with E-state index in [2.05, 4.69) is 15.1 Å². The highest BCUT2D eigenvalue weighted by Crippen LogP contribution is 2.31. The van der Waals surface area contributed by atoms with E-state index in [4.69, 9.17) is 4.52 Å². The van der Waals surface area contributed by atoms with Gasteiger partial charge in [0, 0.05) is 31.0 Å². The monoisotopic (exact) mass is 342 g/mol. The lowest BCUT2D eigenvalue weighted by Gasteiger charge is -2.35. The van der Waals surface area contributed by atoms with Crippen LogP contribution in [0, 0.1) is 0 Å². The SMILES string of the molecule is O=S(=O)(c1ccccc1)N1CC(c2nc(-c3cccnc3)no2)C1. The van der Waals surface area contributed by atoms with Gasteiger partial charge in [-0.2, -0.15) is 9.29 Å². The number of hydrogen-bond donors (Lipinski definition) is 0. The molecule has 1 saturated heterocycles. The van der Waals surface area contributed by atoms with E-state index in [9.17, 15) is 8.42 Å². The Bertz CT molecular complexity index is 936. The summed E-state index contributed by atoms with van der Waals surface area (Å²) in [4.78, 5) is 8.67. The van der Waals surface area contributed by atoms with Gasteiger partial charge in [-0.1, -0.05) is 23.4 Å². The van der Waals surface area contributed by atoms with Crippen molar-refractivity contribution in [2.45, 2.75) is 10.8 Å². The van der Waals surface area contributed by atoms with E-state index in [0.717, 1.165) is 5.56 Å². The maximum absolute atomic E-state index is 12.5. The van der Waals surface area contributed by atoms with Crippen LogP contribution in [0.4, 0.5) is 0 Å². The molecule has 2 aromatic heterocycles. The first-order valence-electron chi connectivity index (χ1n) is 7.44. The van der Waals surface area contributed by atoms with E-state index in [1.54, 1.807) is 48.8 Å². The molecule has 0 aliphatic carbocycles. The Morgan fingerprint density at radius 3 is 2.58 bits per heavy atom. The molecule has 24 heavy (non-hydrogen) atoms. The summed E-state index contributed by atoms with van der Waals surface area (Å²) < 4.78 is 31.6. The highest BCUT2D eigenvalue weighted by molar-refractivity contribution is 7.89. The molecule has 122 valence electrons. The van der Waals surface area contributed by atoms with Gasteiger partial charge in [0.2, 0.25) is 21.7 Å². The van der Waals surface area contributed by atoms with Crippen LogP contribution in [-0.2, 0) is 10.0 Å². The third-order valence-electron chi connectivity index (χ3n) is 3.94. The van der Waals surface area contributed by atoms with Gasteiger partial charge in [0.05, 0.1) is 10.8 Å². The second-order valence-corrected chi connectivity index (χ2v) is 7.47. The lowest BCUT2D eigenvalue weighted by molar-refractivity contribution is 0.217. The predicted molar refractivity (Wildman–Crippen MR) is 85.5 cm³/mol. The molecule has 0 unspecified atom stereocenters. The topological polar surface area (TPSA) is 89.2 Å².